The molecule has 74 heavy (non-hydrogen) atoms. The summed E-state index contributed by atoms with van der Waals surface area (Å²) in [5, 5.41) is 6.66. The van der Waals surface area contributed by atoms with E-state index in [-0.39, 0.29) is 53.7 Å². The maximum atomic E-state index is 8.42. The zero-order valence-corrected chi connectivity index (χ0v) is 47.6. The quantitative estimate of drug-likeness (QED) is 0.123. The second-order valence-corrected chi connectivity index (χ2v) is 23.6. The minimum Gasteiger partial charge on any atom is -0.501 e. The number of pyridine rings is 1. The molecule has 0 saturated carbocycles. The van der Waals surface area contributed by atoms with Gasteiger partial charge in [-0.1, -0.05) is 168 Å². The maximum Gasteiger partial charge on any atom is 0.121 e. The minimum atomic E-state index is -2.30. The van der Waals surface area contributed by atoms with Gasteiger partial charge in [0.15, 0.2) is 0 Å². The Labute approximate surface area is 456 Å². The van der Waals surface area contributed by atoms with Crippen molar-refractivity contribution in [1.82, 2.24) is 14.5 Å². The fourth-order valence-electron chi connectivity index (χ4n) is 10.1. The number of benzene rings is 8. The molecule has 3 aromatic heterocycles. The molecule has 0 fully saturated rings. The van der Waals surface area contributed by atoms with Gasteiger partial charge in [0.2, 0.25) is 0 Å². The Morgan fingerprint density at radius 1 is 0.568 bits per heavy atom. The van der Waals surface area contributed by atoms with E-state index in [2.05, 4.69) is 209 Å². The summed E-state index contributed by atoms with van der Waals surface area (Å²) in [5.41, 5.74) is 15.7. The van der Waals surface area contributed by atoms with Gasteiger partial charge in [0.1, 0.15) is 5.58 Å². The first-order valence-electron chi connectivity index (χ1n) is 27.3. The summed E-state index contributed by atoms with van der Waals surface area (Å²) < 4.78 is 34.4. The number of imidazole rings is 1. The predicted octanol–water partition coefficient (Wildman–Crippen LogP) is 19.4. The first-order chi connectivity index (χ1) is 35.8. The fraction of sp³-hybridized carbons (Fsp3) is 0.275. The predicted molar refractivity (Wildman–Crippen MR) is 311 cm³/mol. The summed E-state index contributed by atoms with van der Waals surface area (Å²) in [5.74, 6) is 0.901. The van der Waals surface area contributed by atoms with Crippen LogP contribution in [0.4, 0.5) is 0 Å². The monoisotopic (exact) mass is 1150 g/mol. The molecule has 5 heteroatoms. The molecule has 11 rings (SSSR count). The van der Waals surface area contributed by atoms with Crippen LogP contribution in [0.2, 0.25) is 0 Å². The van der Waals surface area contributed by atoms with Crippen molar-refractivity contribution in [2.24, 2.45) is 0 Å². The number of rotatable bonds is 6. The van der Waals surface area contributed by atoms with E-state index in [1.807, 2.05) is 42.6 Å². The number of aromatic nitrogens is 3. The fourth-order valence-corrected chi connectivity index (χ4v) is 10.1. The Kier molecular flexibility index (Phi) is 13.0. The third kappa shape index (κ3) is 10.0. The van der Waals surface area contributed by atoms with E-state index in [0.717, 1.165) is 66.3 Å². The normalized spacial score (nSPS) is 13.1. The van der Waals surface area contributed by atoms with Crippen molar-refractivity contribution in [2.75, 3.05) is 0 Å². The van der Waals surface area contributed by atoms with E-state index in [1.165, 1.54) is 38.6 Å². The van der Waals surface area contributed by atoms with E-state index < -0.39 is 6.85 Å². The molecule has 0 saturated heterocycles. The summed E-state index contributed by atoms with van der Waals surface area (Å²) in [6.45, 7) is 27.0. The van der Waals surface area contributed by atoms with Crippen molar-refractivity contribution < 1.29 is 28.6 Å². The molecule has 4 nitrogen and oxygen atoms in total. The molecule has 377 valence electrons. The number of fused-ring (bicyclic) bond motifs is 7. The van der Waals surface area contributed by atoms with Crippen LogP contribution < -0.4 is 0 Å². The number of hydrogen-bond acceptors (Lipinski definition) is 3. The molecule has 8 aromatic carbocycles. The summed E-state index contributed by atoms with van der Waals surface area (Å²) in [4.78, 5) is 9.74. The molecule has 0 N–H and O–H groups in total. The van der Waals surface area contributed by atoms with Crippen molar-refractivity contribution in [3.63, 3.8) is 0 Å². The van der Waals surface area contributed by atoms with Gasteiger partial charge in [-0.15, -0.1) is 54.1 Å². The van der Waals surface area contributed by atoms with Crippen LogP contribution in [0, 0.1) is 19.0 Å². The van der Waals surface area contributed by atoms with Crippen LogP contribution in [0.3, 0.4) is 0 Å². The van der Waals surface area contributed by atoms with Crippen LogP contribution in [-0.4, -0.2) is 14.5 Å². The Morgan fingerprint density at radius 3 is 1.88 bits per heavy atom. The topological polar surface area (TPSA) is 43.9 Å². The SMILES string of the molecule is CC(C)(C)c1ccnc(-c2[c-]cccc2)c1.[2H]C([2H])([2H])c1ccc2nc(-c3[c-]ccc4c3oc3cc5c(ccc6ccccc65)cc34)n(-c3c(C(C)C)cc(-c4cc(C(C)(C)C)cc(C(C)(C)C)c4)cc3C(C)C)c2c1.[Ir]. The zero-order chi connectivity index (χ0) is 54.2. The first kappa shape index (κ1) is 48.3. The maximum absolute atomic E-state index is 8.42. The average molecular weight is 1150 g/mol. The second-order valence-electron chi connectivity index (χ2n) is 23.6. The first-order valence-corrected chi connectivity index (χ1v) is 25.8. The number of furan rings is 1. The molecule has 0 spiro atoms. The van der Waals surface area contributed by atoms with Crippen LogP contribution in [-0.2, 0) is 36.4 Å². The Hall–Kier alpha value is -6.65. The number of nitrogens with zero attached hydrogens (tertiary/aromatic N) is 3. The molecule has 0 aliphatic rings. The molecule has 3 heterocycles. The van der Waals surface area contributed by atoms with Crippen LogP contribution >= 0.6 is 0 Å². The van der Waals surface area contributed by atoms with Crippen LogP contribution in [0.25, 0.3) is 94.0 Å². The van der Waals surface area contributed by atoms with Crippen LogP contribution in [0.1, 0.15) is 139 Å². The third-order valence-corrected chi connectivity index (χ3v) is 14.4. The molecular formula is C69H69IrN3O-2. The van der Waals surface area contributed by atoms with E-state index in [9.17, 15) is 0 Å². The van der Waals surface area contributed by atoms with Crippen molar-refractivity contribution >= 4 is 54.5 Å². The molecule has 0 amide bonds. The van der Waals surface area contributed by atoms with Crippen molar-refractivity contribution in [3.8, 4) is 39.5 Å². The smallest absolute Gasteiger partial charge is 0.121 e. The number of hydrogen-bond donors (Lipinski definition) is 0. The minimum absolute atomic E-state index is 0. The molecule has 0 unspecified atom stereocenters. The van der Waals surface area contributed by atoms with Gasteiger partial charge in [0.25, 0.3) is 0 Å². The largest absolute Gasteiger partial charge is 0.501 e. The molecule has 0 aliphatic heterocycles. The average Bonchev–Trinajstić information content (AvgIpc) is 3.95. The third-order valence-electron chi connectivity index (χ3n) is 14.4. The summed E-state index contributed by atoms with van der Waals surface area (Å²) in [7, 11) is 0. The number of aryl methyl sites for hydroxylation is 1. The Balaban J connectivity index is 0.000000364. The molecule has 11 aromatic rings. The van der Waals surface area contributed by atoms with Gasteiger partial charge in [0, 0.05) is 41.5 Å². The van der Waals surface area contributed by atoms with Gasteiger partial charge in [-0.25, -0.2) is 0 Å². The molecular weight excluding hydrogens is 1080 g/mol. The molecule has 0 aliphatic carbocycles. The van der Waals surface area contributed by atoms with Gasteiger partial charge >= 0.3 is 0 Å². The summed E-state index contributed by atoms with van der Waals surface area (Å²) in [6, 6.07) is 57.3. The zero-order valence-electron chi connectivity index (χ0n) is 48.2. The Bertz CT molecular complexity index is 3930. The van der Waals surface area contributed by atoms with E-state index in [1.54, 1.807) is 12.1 Å². The Morgan fingerprint density at radius 2 is 1.23 bits per heavy atom. The van der Waals surface area contributed by atoms with Crippen LogP contribution in [0.5, 0.6) is 0 Å². The van der Waals surface area contributed by atoms with Crippen LogP contribution in [0.15, 0.2) is 156 Å². The van der Waals surface area contributed by atoms with Gasteiger partial charge in [-0.05, 0) is 149 Å². The second kappa shape index (κ2) is 19.9. The van der Waals surface area contributed by atoms with Gasteiger partial charge < -0.3 is 14.0 Å². The molecule has 0 bridgehead atoms. The van der Waals surface area contributed by atoms with Crippen molar-refractivity contribution in [1.29, 1.82) is 0 Å². The summed E-state index contributed by atoms with van der Waals surface area (Å²) >= 11 is 0. The van der Waals surface area contributed by atoms with Gasteiger partial charge in [-0.3, -0.25) is 4.98 Å². The van der Waals surface area contributed by atoms with E-state index in [0.29, 0.717) is 16.9 Å². The summed E-state index contributed by atoms with van der Waals surface area (Å²) in [6.07, 6.45) is 1.87. The molecule has 0 atom stereocenters. The van der Waals surface area contributed by atoms with E-state index >= 15 is 0 Å². The van der Waals surface area contributed by atoms with Gasteiger partial charge in [-0.2, -0.15) is 0 Å². The van der Waals surface area contributed by atoms with Gasteiger partial charge in [0.05, 0.1) is 22.4 Å². The molecule has 1 radical (unpaired) electrons. The van der Waals surface area contributed by atoms with Crippen molar-refractivity contribution in [3.05, 3.63) is 197 Å². The van der Waals surface area contributed by atoms with Crippen molar-refractivity contribution in [2.45, 2.75) is 125 Å². The van der Waals surface area contributed by atoms with E-state index in [4.69, 9.17) is 13.5 Å². The standard InChI is InChI=1S/C54H53N2O.C15H16N.Ir/c1-31(2)43-27-37(36-24-38(53(6,7)8)29-39(25-36)54(9,10)11)28-44(32(3)4)50(43)56-48-23-33(5)19-22-47(48)55-52(56)42-18-14-17-41-46-26-35-21-20-34-15-12-13-16-40(34)45(35)30-49(46)57-51(41)42;1-15(2,3)13-9-10-16-14(11-13)12-7-5-4-6-8-12;/h12-17,19-32H,1-11H3;4-7,9-11H,1-3H3;/q2*-1;/i5D3;;.